The SMILES string of the molecule is CC(C)Cn1cc(NC(=O)CCC2CCNCC2)cn1.Cl. The van der Waals surface area contributed by atoms with Crippen molar-refractivity contribution in [1.29, 1.82) is 0 Å². The van der Waals surface area contributed by atoms with Crippen LogP contribution in [0, 0.1) is 11.8 Å². The lowest BCUT2D eigenvalue weighted by atomic mass is 9.93. The van der Waals surface area contributed by atoms with Crippen molar-refractivity contribution in [2.45, 2.75) is 46.1 Å². The predicted molar refractivity (Wildman–Crippen MR) is 87.8 cm³/mol. The number of carbonyl (C=O) groups is 1. The molecule has 6 heteroatoms. The first kappa shape index (κ1) is 18.0. The fourth-order valence-electron chi connectivity index (χ4n) is 2.63. The zero-order valence-corrected chi connectivity index (χ0v) is 13.8. The van der Waals surface area contributed by atoms with Crippen LogP contribution < -0.4 is 10.6 Å². The molecule has 0 unspecified atom stereocenters. The Morgan fingerprint density at radius 3 is 2.86 bits per heavy atom. The molecule has 5 nitrogen and oxygen atoms in total. The van der Waals surface area contributed by atoms with Crippen LogP contribution in [-0.2, 0) is 11.3 Å². The molecule has 0 atom stereocenters. The Balaban J connectivity index is 0.00000220. The van der Waals surface area contributed by atoms with Crippen molar-refractivity contribution in [2.24, 2.45) is 11.8 Å². The summed E-state index contributed by atoms with van der Waals surface area (Å²) in [5.41, 5.74) is 0.806. The number of rotatable bonds is 6. The van der Waals surface area contributed by atoms with Crippen molar-refractivity contribution in [3.63, 3.8) is 0 Å². The summed E-state index contributed by atoms with van der Waals surface area (Å²) in [6.45, 7) is 7.37. The number of anilines is 1. The topological polar surface area (TPSA) is 59.0 Å². The fraction of sp³-hybridized carbons (Fsp3) is 0.733. The van der Waals surface area contributed by atoms with Crippen molar-refractivity contribution < 1.29 is 4.79 Å². The van der Waals surface area contributed by atoms with Gasteiger partial charge >= 0.3 is 0 Å². The first-order valence-corrected chi connectivity index (χ1v) is 7.66. The summed E-state index contributed by atoms with van der Waals surface area (Å²) < 4.78 is 1.88. The van der Waals surface area contributed by atoms with Crippen LogP contribution in [0.4, 0.5) is 5.69 Å². The Kier molecular flexibility index (Phi) is 7.75. The van der Waals surface area contributed by atoms with Crippen LogP contribution >= 0.6 is 12.4 Å². The molecule has 1 aromatic rings. The first-order valence-electron chi connectivity index (χ1n) is 7.66. The van der Waals surface area contributed by atoms with Gasteiger partial charge in [-0.3, -0.25) is 9.48 Å². The summed E-state index contributed by atoms with van der Waals surface area (Å²) in [6, 6.07) is 0. The van der Waals surface area contributed by atoms with Crippen LogP contribution in [0.2, 0.25) is 0 Å². The van der Waals surface area contributed by atoms with E-state index in [1.54, 1.807) is 6.20 Å². The largest absolute Gasteiger partial charge is 0.323 e. The van der Waals surface area contributed by atoms with E-state index in [0.29, 0.717) is 18.3 Å². The van der Waals surface area contributed by atoms with Crippen molar-refractivity contribution in [1.82, 2.24) is 15.1 Å². The minimum absolute atomic E-state index is 0. The maximum atomic E-state index is 11.9. The molecule has 0 spiro atoms. The highest BCUT2D eigenvalue weighted by Crippen LogP contribution is 2.18. The van der Waals surface area contributed by atoms with Gasteiger partial charge in [0.05, 0.1) is 11.9 Å². The number of aromatic nitrogens is 2. The average Bonchev–Trinajstić information content (AvgIpc) is 2.84. The maximum Gasteiger partial charge on any atom is 0.224 e. The molecule has 1 aliphatic rings. The molecule has 1 amide bonds. The van der Waals surface area contributed by atoms with Crippen molar-refractivity contribution in [3.8, 4) is 0 Å². The van der Waals surface area contributed by atoms with E-state index in [1.165, 1.54) is 12.8 Å². The fourth-order valence-corrected chi connectivity index (χ4v) is 2.63. The Bertz CT molecular complexity index is 427. The molecule has 21 heavy (non-hydrogen) atoms. The summed E-state index contributed by atoms with van der Waals surface area (Å²) in [5.74, 6) is 1.36. The van der Waals surface area contributed by atoms with Crippen LogP contribution in [-0.4, -0.2) is 28.8 Å². The molecule has 1 aromatic heterocycles. The zero-order chi connectivity index (χ0) is 14.4. The molecule has 1 fully saturated rings. The number of halogens is 1. The van der Waals surface area contributed by atoms with Gasteiger partial charge in [-0.1, -0.05) is 13.8 Å². The van der Waals surface area contributed by atoms with Crippen molar-refractivity contribution >= 4 is 24.0 Å². The summed E-state index contributed by atoms with van der Waals surface area (Å²) in [6.07, 6.45) is 7.63. The van der Waals surface area contributed by atoms with E-state index in [2.05, 4.69) is 29.6 Å². The van der Waals surface area contributed by atoms with E-state index in [0.717, 1.165) is 31.7 Å². The predicted octanol–water partition coefficient (Wildman–Crippen LogP) is 2.68. The molecule has 2 heterocycles. The summed E-state index contributed by atoms with van der Waals surface area (Å²) in [5, 5.41) is 10.5. The average molecular weight is 315 g/mol. The molecule has 0 aromatic carbocycles. The minimum atomic E-state index is 0. The number of hydrogen-bond acceptors (Lipinski definition) is 3. The molecule has 0 aliphatic carbocycles. The third-order valence-corrected chi connectivity index (χ3v) is 3.71. The molecule has 2 rings (SSSR count). The number of nitrogens with zero attached hydrogens (tertiary/aromatic N) is 2. The lowest BCUT2D eigenvalue weighted by Crippen LogP contribution is -2.28. The number of amides is 1. The third kappa shape index (κ3) is 6.48. The van der Waals surface area contributed by atoms with Crippen LogP contribution in [0.1, 0.15) is 39.5 Å². The van der Waals surface area contributed by atoms with Gasteiger partial charge in [-0.05, 0) is 44.2 Å². The van der Waals surface area contributed by atoms with Crippen LogP contribution in [0.15, 0.2) is 12.4 Å². The Morgan fingerprint density at radius 1 is 1.48 bits per heavy atom. The number of carbonyl (C=O) groups excluding carboxylic acids is 1. The van der Waals surface area contributed by atoms with E-state index >= 15 is 0 Å². The second-order valence-corrected chi connectivity index (χ2v) is 6.13. The van der Waals surface area contributed by atoms with Gasteiger partial charge in [0.2, 0.25) is 5.91 Å². The number of nitrogens with one attached hydrogen (secondary N) is 2. The molecule has 1 saturated heterocycles. The normalized spacial score (nSPS) is 15.8. The van der Waals surface area contributed by atoms with Gasteiger partial charge in [-0.15, -0.1) is 12.4 Å². The second kappa shape index (κ2) is 9.05. The quantitative estimate of drug-likeness (QED) is 0.848. The molecule has 120 valence electrons. The van der Waals surface area contributed by atoms with Gasteiger partial charge in [-0.25, -0.2) is 0 Å². The summed E-state index contributed by atoms with van der Waals surface area (Å²) >= 11 is 0. The number of hydrogen-bond donors (Lipinski definition) is 2. The standard InChI is InChI=1S/C15H26N4O.ClH/c1-12(2)10-19-11-14(9-17-19)18-15(20)4-3-13-5-7-16-8-6-13;/h9,11-13,16H,3-8,10H2,1-2H3,(H,18,20);1H. The molecule has 0 saturated carbocycles. The van der Waals surface area contributed by atoms with E-state index < -0.39 is 0 Å². The van der Waals surface area contributed by atoms with Crippen molar-refractivity contribution in [2.75, 3.05) is 18.4 Å². The van der Waals surface area contributed by atoms with Crippen LogP contribution in [0.25, 0.3) is 0 Å². The lowest BCUT2D eigenvalue weighted by Gasteiger charge is -2.22. The Morgan fingerprint density at radius 2 is 2.19 bits per heavy atom. The molecule has 2 N–H and O–H groups in total. The van der Waals surface area contributed by atoms with Gasteiger partial charge in [0.25, 0.3) is 0 Å². The van der Waals surface area contributed by atoms with Crippen LogP contribution in [0.3, 0.4) is 0 Å². The van der Waals surface area contributed by atoms with Gasteiger partial charge in [0.1, 0.15) is 0 Å². The van der Waals surface area contributed by atoms with E-state index in [-0.39, 0.29) is 18.3 Å². The smallest absolute Gasteiger partial charge is 0.224 e. The van der Waals surface area contributed by atoms with Gasteiger partial charge in [0, 0.05) is 19.2 Å². The molecule has 1 aliphatic heterocycles. The highest BCUT2D eigenvalue weighted by atomic mass is 35.5. The minimum Gasteiger partial charge on any atom is -0.323 e. The van der Waals surface area contributed by atoms with E-state index in [9.17, 15) is 4.79 Å². The second-order valence-electron chi connectivity index (χ2n) is 6.13. The van der Waals surface area contributed by atoms with Gasteiger partial charge in [-0.2, -0.15) is 5.10 Å². The maximum absolute atomic E-state index is 11.9. The monoisotopic (exact) mass is 314 g/mol. The molecular weight excluding hydrogens is 288 g/mol. The molecule has 0 radical (unpaired) electrons. The third-order valence-electron chi connectivity index (χ3n) is 3.71. The highest BCUT2D eigenvalue weighted by Gasteiger charge is 2.14. The van der Waals surface area contributed by atoms with E-state index in [1.807, 2.05) is 10.9 Å². The molecular formula is C15H27ClN4O. The van der Waals surface area contributed by atoms with Gasteiger partial charge in [0.15, 0.2) is 0 Å². The lowest BCUT2D eigenvalue weighted by molar-refractivity contribution is -0.116. The Labute approximate surface area is 133 Å². The van der Waals surface area contributed by atoms with E-state index in [4.69, 9.17) is 0 Å². The van der Waals surface area contributed by atoms with Crippen LogP contribution in [0.5, 0.6) is 0 Å². The molecule has 0 bridgehead atoms. The number of piperidine rings is 1. The summed E-state index contributed by atoms with van der Waals surface area (Å²) in [7, 11) is 0. The van der Waals surface area contributed by atoms with Crippen molar-refractivity contribution in [3.05, 3.63) is 12.4 Å². The van der Waals surface area contributed by atoms with Gasteiger partial charge < -0.3 is 10.6 Å². The Hall–Kier alpha value is -1.07. The first-order chi connectivity index (χ1) is 9.63. The highest BCUT2D eigenvalue weighted by molar-refractivity contribution is 5.90. The zero-order valence-electron chi connectivity index (χ0n) is 13.0. The summed E-state index contributed by atoms with van der Waals surface area (Å²) in [4.78, 5) is 11.9.